The van der Waals surface area contributed by atoms with Crippen molar-refractivity contribution in [3.63, 3.8) is 0 Å². The van der Waals surface area contributed by atoms with Crippen LogP contribution in [0.4, 0.5) is 0 Å². The SMILES string of the molecule is Cc1[cH-]c2c(C)cccc2c1C.Cc1[cH-]c2c(C)cccc2c1C.Cc1[cH-]c2c(C)cccc2c1C.Cc1[cH-]c2c(C)cccc2c1C.[Cl-].[Cl-].[Zr+2]=[Si](c1ccccc1)c1ccccc1.[Zr+2]=[Si](c1ccccc1)c1ccccc1. The van der Waals surface area contributed by atoms with Crippen molar-refractivity contribution in [2.45, 2.75) is 83.1 Å². The predicted octanol–water partition coefficient (Wildman–Crippen LogP) is 10.6. The molecule has 0 bridgehead atoms. The van der Waals surface area contributed by atoms with Gasteiger partial charge < -0.3 is 24.8 Å². The third-order valence-electron chi connectivity index (χ3n) is 15.0. The number of hydrogen-bond donors (Lipinski definition) is 0. The second-order valence-corrected chi connectivity index (χ2v) is 31.4. The molecule has 0 aliphatic rings. The van der Waals surface area contributed by atoms with Crippen molar-refractivity contribution in [2.24, 2.45) is 0 Å². The average Bonchev–Trinajstić information content (AvgIpc) is 4.14. The van der Waals surface area contributed by atoms with E-state index in [0.29, 0.717) is 0 Å². The molecule has 0 aromatic heterocycles. The summed E-state index contributed by atoms with van der Waals surface area (Å²) in [6.45, 7) is 26.1. The monoisotopic (exact) mass is 1240 g/mol. The fourth-order valence-electron chi connectivity index (χ4n) is 9.70. The van der Waals surface area contributed by atoms with E-state index < -0.39 is 10.9 Å². The van der Waals surface area contributed by atoms with Crippen molar-refractivity contribution in [1.82, 2.24) is 0 Å². The molecule has 12 aromatic rings. The standard InChI is InChI=1S/2C12H10Si.4C12H13.2ClH.2Zr/c2*1-3-7-11(8-4-1)13-12-9-5-2-6-10-12;4*1-8-5-4-6-11-10(3)9(2)7-12(8)11;;;;/h2*1-10H;4*4-7H,1-3H3;2*1H;;/q;;4*-1;;;2*+2/p-2. The number of aryl methyl sites for hydroxylation is 12. The third-order valence-corrected chi connectivity index (χ3v) is 27.1. The van der Waals surface area contributed by atoms with E-state index >= 15 is 0 Å². The van der Waals surface area contributed by atoms with E-state index in [1.165, 1.54) is 131 Å². The van der Waals surface area contributed by atoms with Crippen molar-refractivity contribution < 1.29 is 71.5 Å². The van der Waals surface area contributed by atoms with Gasteiger partial charge in [0.05, 0.1) is 0 Å². The molecule has 0 aliphatic carbocycles. The molecule has 12 aromatic carbocycles. The van der Waals surface area contributed by atoms with Crippen LogP contribution in [0.3, 0.4) is 0 Å². The minimum atomic E-state index is -0.455. The van der Waals surface area contributed by atoms with Crippen molar-refractivity contribution in [3.05, 3.63) is 285 Å². The van der Waals surface area contributed by atoms with E-state index in [1.807, 2.05) is 0 Å². The van der Waals surface area contributed by atoms with Crippen LogP contribution in [0.2, 0.25) is 0 Å². The van der Waals surface area contributed by atoms with Crippen LogP contribution in [0.1, 0.15) is 66.8 Å². The second kappa shape index (κ2) is 30.5. The van der Waals surface area contributed by atoms with Crippen LogP contribution >= 0.6 is 0 Å². The Morgan fingerprint density at radius 2 is 0.423 bits per heavy atom. The molecule has 392 valence electrons. The van der Waals surface area contributed by atoms with Crippen LogP contribution in [0, 0.1) is 83.1 Å². The van der Waals surface area contributed by atoms with Crippen molar-refractivity contribution in [2.75, 3.05) is 0 Å². The molecule has 0 nitrogen and oxygen atoms in total. The number of hydrogen-bond acceptors (Lipinski definition) is 0. The van der Waals surface area contributed by atoms with Crippen molar-refractivity contribution in [1.29, 1.82) is 0 Å². The van der Waals surface area contributed by atoms with E-state index in [4.69, 9.17) is 0 Å². The summed E-state index contributed by atoms with van der Waals surface area (Å²) in [6.07, 6.45) is 0. The summed E-state index contributed by atoms with van der Waals surface area (Å²) in [4.78, 5) is 0. The van der Waals surface area contributed by atoms with Crippen molar-refractivity contribution in [3.8, 4) is 0 Å². The zero-order valence-corrected chi connectivity index (χ0v) is 56.0. The molecular formula is C72H72Cl2Si2Zr2-2. The molecule has 0 fully saturated rings. The summed E-state index contributed by atoms with van der Waals surface area (Å²) in [5.74, 6) is 0. The normalized spacial score (nSPS) is 10.3. The summed E-state index contributed by atoms with van der Waals surface area (Å²) >= 11 is 3.29. The van der Waals surface area contributed by atoms with Crippen LogP contribution in [0.15, 0.2) is 218 Å². The summed E-state index contributed by atoms with van der Waals surface area (Å²) in [6, 6.07) is 78.5. The van der Waals surface area contributed by atoms with Crippen LogP contribution < -0.4 is 45.6 Å². The Labute approximate surface area is 509 Å². The van der Waals surface area contributed by atoms with Gasteiger partial charge in [0, 0.05) is 0 Å². The number of fused-ring (bicyclic) bond motifs is 4. The van der Waals surface area contributed by atoms with Gasteiger partial charge in [0.2, 0.25) is 0 Å². The van der Waals surface area contributed by atoms with Gasteiger partial charge in [-0.15, -0.1) is 160 Å². The van der Waals surface area contributed by atoms with Gasteiger partial charge in [-0.25, -0.2) is 0 Å². The molecule has 0 spiro atoms. The molecule has 0 aliphatic heterocycles. The van der Waals surface area contributed by atoms with Gasteiger partial charge in [0.25, 0.3) is 0 Å². The van der Waals surface area contributed by atoms with Crippen LogP contribution in [0.25, 0.3) is 43.1 Å². The number of benzene rings is 8. The van der Waals surface area contributed by atoms with E-state index in [0.717, 1.165) is 0 Å². The summed E-state index contributed by atoms with van der Waals surface area (Å²) in [7, 11) is 0. The van der Waals surface area contributed by atoms with Gasteiger partial charge in [0.1, 0.15) is 0 Å². The fourth-order valence-corrected chi connectivity index (χ4v) is 17.4. The molecule has 0 radical (unpaired) electrons. The molecule has 0 heterocycles. The first-order chi connectivity index (χ1) is 36.5. The van der Waals surface area contributed by atoms with E-state index in [9.17, 15) is 0 Å². The second-order valence-electron chi connectivity index (χ2n) is 20.2. The van der Waals surface area contributed by atoms with E-state index in [-0.39, 0.29) is 24.8 Å². The first-order valence-corrected chi connectivity index (χ1v) is 36.8. The summed E-state index contributed by atoms with van der Waals surface area (Å²) in [5.41, 5.74) is 15.9. The molecule has 0 unspecified atom stereocenters. The van der Waals surface area contributed by atoms with E-state index in [2.05, 4.69) is 301 Å². The van der Waals surface area contributed by atoms with Crippen molar-refractivity contribution >= 4 is 74.7 Å². The number of rotatable bonds is 4. The molecule has 78 heavy (non-hydrogen) atoms. The molecule has 0 saturated carbocycles. The van der Waals surface area contributed by atoms with E-state index in [1.54, 1.807) is 46.7 Å². The topological polar surface area (TPSA) is 0 Å². The van der Waals surface area contributed by atoms with Crippen LogP contribution in [0.5, 0.6) is 0 Å². The molecule has 12 rings (SSSR count). The molecule has 0 saturated heterocycles. The Kier molecular flexibility index (Phi) is 25.0. The maximum atomic E-state index is 2.28. The minimum absolute atomic E-state index is 0. The first-order valence-electron chi connectivity index (χ1n) is 26.4. The van der Waals surface area contributed by atoms with Gasteiger partial charge in [-0.3, -0.25) is 0 Å². The van der Waals surface area contributed by atoms with Gasteiger partial charge in [-0.2, -0.15) is 22.3 Å². The van der Waals surface area contributed by atoms with Crippen LogP contribution in [-0.2, 0) is 46.7 Å². The zero-order valence-electron chi connectivity index (χ0n) is 47.5. The Bertz CT molecular complexity index is 3350. The molecular weight excluding hydrogens is 1170 g/mol. The molecule has 0 amide bonds. The number of halogens is 2. The fraction of sp³-hybridized carbons (Fsp3) is 0.167. The molecule has 0 atom stereocenters. The van der Waals surface area contributed by atoms with Gasteiger partial charge in [0.15, 0.2) is 0 Å². The maximum absolute atomic E-state index is 2.28. The first kappa shape index (κ1) is 63.8. The predicted molar refractivity (Wildman–Crippen MR) is 331 cm³/mol. The Morgan fingerprint density at radius 3 is 0.590 bits per heavy atom. The zero-order chi connectivity index (χ0) is 54.5. The average molecular weight is 1250 g/mol. The van der Waals surface area contributed by atoms with Gasteiger partial charge in [-0.05, 0) is 0 Å². The Hall–Kier alpha value is -5.02. The van der Waals surface area contributed by atoms with Gasteiger partial charge in [-0.1, -0.05) is 107 Å². The summed E-state index contributed by atoms with van der Waals surface area (Å²) < 4.78 is 0. The Morgan fingerprint density at radius 1 is 0.244 bits per heavy atom. The Balaban J connectivity index is 0.000000172. The third kappa shape index (κ3) is 16.1. The quantitative estimate of drug-likeness (QED) is 0.122. The molecule has 6 heteroatoms. The summed E-state index contributed by atoms with van der Waals surface area (Å²) in [5, 5.41) is 17.3. The van der Waals surface area contributed by atoms with Gasteiger partial charge >= 0.3 is 200 Å². The molecule has 0 N–H and O–H groups in total. The van der Waals surface area contributed by atoms with Crippen LogP contribution in [-0.4, -0.2) is 10.9 Å².